The molecule has 0 saturated heterocycles. The van der Waals surface area contributed by atoms with Crippen LogP contribution in [0.1, 0.15) is 22.8 Å². The van der Waals surface area contributed by atoms with Crippen molar-refractivity contribution < 1.29 is 17.9 Å². The smallest absolute Gasteiger partial charge is 0.255 e. The molecule has 0 fully saturated rings. The summed E-state index contributed by atoms with van der Waals surface area (Å²) in [6.45, 7) is 3.69. The Morgan fingerprint density at radius 1 is 1.14 bits per heavy atom. The molecule has 29 heavy (non-hydrogen) atoms. The third-order valence-electron chi connectivity index (χ3n) is 3.95. The summed E-state index contributed by atoms with van der Waals surface area (Å²) in [6.07, 6.45) is 4.53. The highest BCUT2D eigenvalue weighted by atomic mass is 32.2. The molecule has 3 aromatic rings. The number of aryl methyl sites for hydroxylation is 1. The maximum atomic E-state index is 12.8. The van der Waals surface area contributed by atoms with E-state index in [9.17, 15) is 13.2 Å². The highest BCUT2D eigenvalue weighted by Gasteiger charge is 2.17. The van der Waals surface area contributed by atoms with E-state index in [0.717, 1.165) is 0 Å². The summed E-state index contributed by atoms with van der Waals surface area (Å²) in [4.78, 5) is 20.8. The molecule has 3 rings (SSSR count). The number of amides is 1. The molecule has 0 unspecified atom stereocenters. The number of hydrogen-bond donors (Lipinski definition) is 2. The van der Waals surface area contributed by atoms with E-state index in [2.05, 4.69) is 20.0 Å². The van der Waals surface area contributed by atoms with Crippen LogP contribution in [0.4, 0.5) is 5.69 Å². The molecule has 1 aromatic heterocycles. The zero-order valence-corrected chi connectivity index (χ0v) is 16.7. The monoisotopic (exact) mass is 412 g/mol. The zero-order chi connectivity index (χ0) is 20.9. The standard InChI is InChI=1S/C20H20N4O4S/c1-3-23-29(26,27)17-8-7-14(2)18(12-17)20(25)24-15-5-4-6-16(11-15)28-19-13-21-9-10-22-19/h4-13,23H,3H2,1-2H3,(H,24,25). The lowest BCUT2D eigenvalue weighted by Crippen LogP contribution is -2.24. The van der Waals surface area contributed by atoms with E-state index in [-0.39, 0.29) is 17.0 Å². The molecule has 8 nitrogen and oxygen atoms in total. The van der Waals surface area contributed by atoms with Crippen molar-refractivity contribution in [1.29, 1.82) is 0 Å². The first kappa shape index (κ1) is 20.4. The third-order valence-corrected chi connectivity index (χ3v) is 5.50. The molecule has 0 spiro atoms. The average Bonchev–Trinajstić information content (AvgIpc) is 2.69. The summed E-state index contributed by atoms with van der Waals surface area (Å²) in [5.41, 5.74) is 1.42. The van der Waals surface area contributed by atoms with E-state index < -0.39 is 15.9 Å². The highest BCUT2D eigenvalue weighted by molar-refractivity contribution is 7.89. The van der Waals surface area contributed by atoms with Crippen LogP contribution in [0.15, 0.2) is 66.0 Å². The molecule has 1 heterocycles. The quantitative estimate of drug-likeness (QED) is 0.617. The number of sulfonamides is 1. The van der Waals surface area contributed by atoms with Gasteiger partial charge in [-0.3, -0.25) is 9.78 Å². The van der Waals surface area contributed by atoms with Crippen LogP contribution in [0.25, 0.3) is 0 Å². The molecular formula is C20H20N4O4S. The van der Waals surface area contributed by atoms with E-state index >= 15 is 0 Å². The maximum absolute atomic E-state index is 12.8. The fourth-order valence-corrected chi connectivity index (χ4v) is 3.65. The zero-order valence-electron chi connectivity index (χ0n) is 15.9. The molecule has 1 amide bonds. The molecule has 0 aliphatic rings. The fraction of sp³-hybridized carbons (Fsp3) is 0.150. The van der Waals surface area contributed by atoms with Gasteiger partial charge < -0.3 is 10.1 Å². The summed E-state index contributed by atoms with van der Waals surface area (Å²) < 4.78 is 32.5. The first-order chi connectivity index (χ1) is 13.9. The van der Waals surface area contributed by atoms with Gasteiger partial charge in [0.2, 0.25) is 15.9 Å². The number of hydrogen-bond acceptors (Lipinski definition) is 6. The highest BCUT2D eigenvalue weighted by Crippen LogP contribution is 2.23. The lowest BCUT2D eigenvalue weighted by atomic mass is 10.1. The Kier molecular flexibility index (Phi) is 6.20. The molecule has 150 valence electrons. The number of nitrogens with one attached hydrogen (secondary N) is 2. The minimum atomic E-state index is -3.66. The number of aromatic nitrogens is 2. The summed E-state index contributed by atoms with van der Waals surface area (Å²) in [6, 6.07) is 11.2. The number of nitrogens with zero attached hydrogens (tertiary/aromatic N) is 2. The number of rotatable bonds is 7. The van der Waals surface area contributed by atoms with Crippen LogP contribution in [0.5, 0.6) is 11.6 Å². The van der Waals surface area contributed by atoms with Crippen LogP contribution in [-0.2, 0) is 10.0 Å². The van der Waals surface area contributed by atoms with Gasteiger partial charge in [0.25, 0.3) is 5.91 Å². The predicted octanol–water partition coefficient (Wildman–Crippen LogP) is 3.13. The van der Waals surface area contributed by atoms with Gasteiger partial charge in [-0.15, -0.1) is 0 Å². The second-order valence-electron chi connectivity index (χ2n) is 6.11. The van der Waals surface area contributed by atoms with Gasteiger partial charge in [0.1, 0.15) is 5.75 Å². The molecular weight excluding hydrogens is 392 g/mol. The maximum Gasteiger partial charge on any atom is 0.255 e. The van der Waals surface area contributed by atoms with Crippen LogP contribution in [0.3, 0.4) is 0 Å². The molecule has 9 heteroatoms. The normalized spacial score (nSPS) is 11.1. The van der Waals surface area contributed by atoms with Crippen molar-refractivity contribution in [2.45, 2.75) is 18.7 Å². The number of anilines is 1. The van der Waals surface area contributed by atoms with Crippen molar-refractivity contribution in [2.75, 3.05) is 11.9 Å². The van der Waals surface area contributed by atoms with Crippen molar-refractivity contribution in [3.8, 4) is 11.6 Å². The van der Waals surface area contributed by atoms with Gasteiger partial charge in [0.15, 0.2) is 0 Å². The Bertz CT molecular complexity index is 1120. The number of benzene rings is 2. The number of ether oxygens (including phenoxy) is 1. The summed E-state index contributed by atoms with van der Waals surface area (Å²) in [5.74, 6) is 0.379. The first-order valence-electron chi connectivity index (χ1n) is 8.84. The SMILES string of the molecule is CCNS(=O)(=O)c1ccc(C)c(C(=O)Nc2cccc(Oc3cnccn3)c2)c1. The van der Waals surface area contributed by atoms with Crippen molar-refractivity contribution in [1.82, 2.24) is 14.7 Å². The van der Waals surface area contributed by atoms with Crippen molar-refractivity contribution in [3.63, 3.8) is 0 Å². The van der Waals surface area contributed by atoms with Gasteiger partial charge in [0, 0.05) is 36.3 Å². The van der Waals surface area contributed by atoms with E-state index in [4.69, 9.17) is 4.74 Å². The topological polar surface area (TPSA) is 110 Å². The average molecular weight is 412 g/mol. The predicted molar refractivity (Wildman–Crippen MR) is 109 cm³/mol. The fourth-order valence-electron chi connectivity index (χ4n) is 2.58. The second-order valence-corrected chi connectivity index (χ2v) is 7.87. The Morgan fingerprint density at radius 2 is 1.97 bits per heavy atom. The molecule has 2 N–H and O–H groups in total. The van der Waals surface area contributed by atoms with E-state index in [1.165, 1.54) is 30.7 Å². The van der Waals surface area contributed by atoms with Crippen LogP contribution in [0.2, 0.25) is 0 Å². The van der Waals surface area contributed by atoms with Gasteiger partial charge in [-0.05, 0) is 36.8 Å². The molecule has 2 aromatic carbocycles. The summed E-state index contributed by atoms with van der Waals surface area (Å²) >= 11 is 0. The van der Waals surface area contributed by atoms with Crippen molar-refractivity contribution in [2.24, 2.45) is 0 Å². The summed E-state index contributed by atoms with van der Waals surface area (Å²) in [5, 5.41) is 2.77. The summed E-state index contributed by atoms with van der Waals surface area (Å²) in [7, 11) is -3.66. The van der Waals surface area contributed by atoms with Gasteiger partial charge in [-0.25, -0.2) is 18.1 Å². The van der Waals surface area contributed by atoms with E-state index in [1.807, 2.05) is 0 Å². The minimum Gasteiger partial charge on any atom is -0.437 e. The van der Waals surface area contributed by atoms with Crippen molar-refractivity contribution >= 4 is 21.6 Å². The molecule has 0 bridgehead atoms. The molecule has 0 saturated carbocycles. The lowest BCUT2D eigenvalue weighted by Gasteiger charge is -2.11. The molecule has 0 atom stereocenters. The largest absolute Gasteiger partial charge is 0.437 e. The van der Waals surface area contributed by atoms with Crippen molar-refractivity contribution in [3.05, 3.63) is 72.2 Å². The lowest BCUT2D eigenvalue weighted by molar-refractivity contribution is 0.102. The molecule has 0 aliphatic heterocycles. The Balaban J connectivity index is 1.81. The Labute approximate surface area is 169 Å². The van der Waals surface area contributed by atoms with Gasteiger partial charge in [0.05, 0.1) is 11.1 Å². The first-order valence-corrected chi connectivity index (χ1v) is 10.3. The number of carbonyl (C=O) groups is 1. The minimum absolute atomic E-state index is 0.0369. The Morgan fingerprint density at radius 3 is 2.69 bits per heavy atom. The molecule has 0 aliphatic carbocycles. The van der Waals surface area contributed by atoms with Crippen LogP contribution in [0, 0.1) is 6.92 Å². The van der Waals surface area contributed by atoms with E-state index in [1.54, 1.807) is 44.2 Å². The van der Waals surface area contributed by atoms with Gasteiger partial charge in [-0.1, -0.05) is 19.1 Å². The van der Waals surface area contributed by atoms with E-state index in [0.29, 0.717) is 22.9 Å². The van der Waals surface area contributed by atoms with Gasteiger partial charge >= 0.3 is 0 Å². The third kappa shape index (κ3) is 5.15. The van der Waals surface area contributed by atoms with Crippen LogP contribution in [-0.4, -0.2) is 30.8 Å². The van der Waals surface area contributed by atoms with Gasteiger partial charge in [-0.2, -0.15) is 0 Å². The Hall–Kier alpha value is -3.30. The number of carbonyl (C=O) groups excluding carboxylic acids is 1. The van der Waals surface area contributed by atoms with Crippen LogP contribution < -0.4 is 14.8 Å². The van der Waals surface area contributed by atoms with Crippen LogP contribution >= 0.6 is 0 Å². The second kappa shape index (κ2) is 8.80. The molecule has 0 radical (unpaired) electrons.